The van der Waals surface area contributed by atoms with Crippen LogP contribution in [0.4, 0.5) is 0 Å². The molecule has 1 aliphatic rings. The molecule has 6 heteroatoms. The number of piperidine rings is 1. The van der Waals surface area contributed by atoms with Crippen molar-refractivity contribution >= 4 is 11.8 Å². The van der Waals surface area contributed by atoms with E-state index >= 15 is 0 Å². The van der Waals surface area contributed by atoms with Crippen LogP contribution in [0, 0.1) is 0 Å². The molecule has 1 aliphatic heterocycles. The number of amides is 2. The Bertz CT molecular complexity index is 545. The van der Waals surface area contributed by atoms with E-state index in [1.54, 1.807) is 12.0 Å². The number of likely N-dealkylation sites (tertiary alicyclic amines) is 1. The number of nitrogens with zero attached hydrogens (tertiary/aromatic N) is 1. The van der Waals surface area contributed by atoms with E-state index in [2.05, 4.69) is 5.32 Å². The van der Waals surface area contributed by atoms with Crippen LogP contribution in [-0.2, 0) is 9.59 Å². The summed E-state index contributed by atoms with van der Waals surface area (Å²) in [6.45, 7) is 2.79. The molecule has 1 aromatic rings. The van der Waals surface area contributed by atoms with E-state index in [-0.39, 0.29) is 30.3 Å². The van der Waals surface area contributed by atoms with Gasteiger partial charge in [-0.1, -0.05) is 12.1 Å². The van der Waals surface area contributed by atoms with Gasteiger partial charge in [0.15, 0.2) is 0 Å². The summed E-state index contributed by atoms with van der Waals surface area (Å²) < 4.78 is 5.14. The molecule has 0 saturated carbocycles. The molecule has 1 fully saturated rings. The zero-order valence-electron chi connectivity index (χ0n) is 13.7. The molecule has 6 nitrogen and oxygen atoms in total. The summed E-state index contributed by atoms with van der Waals surface area (Å²) in [5.41, 5.74) is 6.82. The number of carbonyl (C=O) groups is 2. The van der Waals surface area contributed by atoms with Gasteiger partial charge in [0, 0.05) is 26.1 Å². The minimum absolute atomic E-state index is 0.0229. The molecule has 3 N–H and O–H groups in total. The zero-order valence-corrected chi connectivity index (χ0v) is 13.7. The van der Waals surface area contributed by atoms with Crippen molar-refractivity contribution in [1.29, 1.82) is 0 Å². The predicted octanol–water partition coefficient (Wildman–Crippen LogP) is 1.21. The molecule has 0 bridgehead atoms. The monoisotopic (exact) mass is 319 g/mol. The average Bonchev–Trinajstić information content (AvgIpc) is 2.54. The third-order valence-electron chi connectivity index (χ3n) is 4.08. The van der Waals surface area contributed by atoms with Crippen molar-refractivity contribution in [2.75, 3.05) is 20.2 Å². The van der Waals surface area contributed by atoms with Gasteiger partial charge in [0.25, 0.3) is 0 Å². The molecule has 0 unspecified atom stereocenters. The second kappa shape index (κ2) is 7.97. The van der Waals surface area contributed by atoms with Crippen LogP contribution in [0.15, 0.2) is 24.3 Å². The van der Waals surface area contributed by atoms with E-state index in [9.17, 15) is 9.59 Å². The van der Waals surface area contributed by atoms with Crippen LogP contribution in [0.2, 0.25) is 0 Å². The fraction of sp³-hybridized carbons (Fsp3) is 0.529. The highest BCUT2D eigenvalue weighted by molar-refractivity contribution is 5.79. The zero-order chi connectivity index (χ0) is 16.8. The molecule has 0 radical (unpaired) electrons. The number of nitrogens with one attached hydrogen (secondary N) is 1. The van der Waals surface area contributed by atoms with Crippen molar-refractivity contribution in [1.82, 2.24) is 10.2 Å². The Labute approximate surface area is 137 Å². The Balaban J connectivity index is 2.08. The van der Waals surface area contributed by atoms with Gasteiger partial charge in [0.1, 0.15) is 5.75 Å². The maximum Gasteiger partial charge on any atom is 0.225 e. The molecule has 126 valence electrons. The molecule has 23 heavy (non-hydrogen) atoms. The summed E-state index contributed by atoms with van der Waals surface area (Å²) in [5.74, 6) is 0.604. The molecular formula is C17H25N3O3. The number of hydrogen-bond acceptors (Lipinski definition) is 4. The third kappa shape index (κ3) is 4.96. The first-order valence-corrected chi connectivity index (χ1v) is 7.94. The number of ether oxygens (including phenoxy) is 1. The van der Waals surface area contributed by atoms with Crippen LogP contribution in [0.1, 0.15) is 37.8 Å². The molecule has 0 aromatic heterocycles. The van der Waals surface area contributed by atoms with E-state index in [0.29, 0.717) is 6.54 Å². The summed E-state index contributed by atoms with van der Waals surface area (Å²) in [6, 6.07) is 7.09. The Morgan fingerprint density at radius 1 is 1.39 bits per heavy atom. The Hall–Kier alpha value is -2.08. The normalized spacial score (nSPS) is 19.1. The molecule has 2 amide bonds. The molecule has 1 saturated heterocycles. The van der Waals surface area contributed by atoms with Crippen molar-refractivity contribution < 1.29 is 14.3 Å². The Morgan fingerprint density at radius 3 is 2.65 bits per heavy atom. The minimum atomic E-state index is -0.343. The summed E-state index contributed by atoms with van der Waals surface area (Å²) in [4.78, 5) is 25.8. The van der Waals surface area contributed by atoms with Crippen LogP contribution in [0.25, 0.3) is 0 Å². The van der Waals surface area contributed by atoms with Gasteiger partial charge in [0.2, 0.25) is 11.8 Å². The first kappa shape index (κ1) is 17.3. The molecule has 1 heterocycles. The number of carbonyl (C=O) groups excluding carboxylic acids is 2. The predicted molar refractivity (Wildman–Crippen MR) is 88.0 cm³/mol. The van der Waals surface area contributed by atoms with Gasteiger partial charge in [-0.05, 0) is 30.5 Å². The number of benzene rings is 1. The van der Waals surface area contributed by atoms with Crippen LogP contribution >= 0.6 is 0 Å². The lowest BCUT2D eigenvalue weighted by Gasteiger charge is -2.32. The van der Waals surface area contributed by atoms with E-state index in [1.165, 1.54) is 6.92 Å². The molecule has 0 aliphatic carbocycles. The molecule has 0 spiro atoms. The standard InChI is InChI=1S/C17H25N3O3/c1-12(21)19-16(13-5-7-15(23-2)8-6-13)10-17(22)20-9-3-4-14(18)11-20/h5-8,14,16H,3-4,9-11,18H2,1-2H3,(H,19,21)/t14-,16-/m1/s1. The molecular weight excluding hydrogens is 294 g/mol. The molecule has 2 atom stereocenters. The van der Waals surface area contributed by atoms with Crippen LogP contribution < -0.4 is 15.8 Å². The lowest BCUT2D eigenvalue weighted by atomic mass is 10.0. The average molecular weight is 319 g/mol. The highest BCUT2D eigenvalue weighted by atomic mass is 16.5. The third-order valence-corrected chi connectivity index (χ3v) is 4.08. The first-order chi connectivity index (χ1) is 11.0. The van der Waals surface area contributed by atoms with Crippen LogP contribution in [-0.4, -0.2) is 43.0 Å². The number of rotatable bonds is 5. The lowest BCUT2D eigenvalue weighted by Crippen LogP contribution is -2.46. The van der Waals surface area contributed by atoms with E-state index in [0.717, 1.165) is 30.7 Å². The van der Waals surface area contributed by atoms with Crippen LogP contribution in [0.3, 0.4) is 0 Å². The minimum Gasteiger partial charge on any atom is -0.497 e. The van der Waals surface area contributed by atoms with Crippen molar-refractivity contribution in [3.05, 3.63) is 29.8 Å². The maximum atomic E-state index is 12.5. The fourth-order valence-electron chi connectivity index (χ4n) is 2.87. The molecule has 1 aromatic carbocycles. The summed E-state index contributed by atoms with van der Waals surface area (Å²) in [5, 5.41) is 2.86. The number of hydrogen-bond donors (Lipinski definition) is 2. The van der Waals surface area contributed by atoms with Crippen molar-refractivity contribution in [3.63, 3.8) is 0 Å². The Morgan fingerprint density at radius 2 is 2.09 bits per heavy atom. The van der Waals surface area contributed by atoms with Crippen molar-refractivity contribution in [2.45, 2.75) is 38.3 Å². The molecule has 2 rings (SSSR count). The SMILES string of the molecule is COc1ccc([C@@H](CC(=O)N2CCC[C@@H](N)C2)NC(C)=O)cc1. The quantitative estimate of drug-likeness (QED) is 0.854. The van der Waals surface area contributed by atoms with Crippen molar-refractivity contribution in [3.8, 4) is 5.75 Å². The summed E-state index contributed by atoms with van der Waals surface area (Å²) >= 11 is 0. The van der Waals surface area contributed by atoms with Gasteiger partial charge in [0.05, 0.1) is 19.6 Å². The summed E-state index contributed by atoms with van der Waals surface area (Å²) in [7, 11) is 1.60. The van der Waals surface area contributed by atoms with E-state index in [1.807, 2.05) is 24.3 Å². The smallest absolute Gasteiger partial charge is 0.225 e. The van der Waals surface area contributed by atoms with E-state index < -0.39 is 0 Å². The van der Waals surface area contributed by atoms with Gasteiger partial charge in [-0.2, -0.15) is 0 Å². The first-order valence-electron chi connectivity index (χ1n) is 7.94. The fourth-order valence-corrected chi connectivity index (χ4v) is 2.87. The highest BCUT2D eigenvalue weighted by Crippen LogP contribution is 2.22. The van der Waals surface area contributed by atoms with Crippen molar-refractivity contribution in [2.24, 2.45) is 5.73 Å². The Kier molecular flexibility index (Phi) is 5.98. The van der Waals surface area contributed by atoms with Crippen LogP contribution in [0.5, 0.6) is 5.75 Å². The second-order valence-corrected chi connectivity index (χ2v) is 5.97. The number of nitrogens with two attached hydrogens (primary N) is 1. The largest absolute Gasteiger partial charge is 0.497 e. The van der Waals surface area contributed by atoms with E-state index in [4.69, 9.17) is 10.5 Å². The van der Waals surface area contributed by atoms with Gasteiger partial charge in [-0.3, -0.25) is 9.59 Å². The van der Waals surface area contributed by atoms with Gasteiger partial charge < -0.3 is 20.7 Å². The maximum absolute atomic E-state index is 12.5. The van der Waals surface area contributed by atoms with Gasteiger partial charge in [-0.25, -0.2) is 0 Å². The summed E-state index contributed by atoms with van der Waals surface area (Å²) in [6.07, 6.45) is 2.12. The lowest BCUT2D eigenvalue weighted by molar-refractivity contribution is -0.133. The topological polar surface area (TPSA) is 84.7 Å². The number of methoxy groups -OCH3 is 1. The highest BCUT2D eigenvalue weighted by Gasteiger charge is 2.25. The second-order valence-electron chi connectivity index (χ2n) is 5.97. The van der Waals surface area contributed by atoms with Gasteiger partial charge in [-0.15, -0.1) is 0 Å². The van der Waals surface area contributed by atoms with Gasteiger partial charge >= 0.3 is 0 Å².